The molecule has 1 aromatic heterocycles. The maximum absolute atomic E-state index is 5.71. The van der Waals surface area contributed by atoms with Crippen molar-refractivity contribution in [2.45, 2.75) is 6.92 Å². The Kier molecular flexibility index (Phi) is 2.87. The van der Waals surface area contributed by atoms with E-state index in [-0.39, 0.29) is 0 Å². The van der Waals surface area contributed by atoms with Gasteiger partial charge >= 0.3 is 0 Å². The van der Waals surface area contributed by atoms with E-state index >= 15 is 0 Å². The third-order valence-corrected chi connectivity index (χ3v) is 2.76. The summed E-state index contributed by atoms with van der Waals surface area (Å²) in [4.78, 5) is 6.26. The Morgan fingerprint density at radius 2 is 1.76 bits per heavy atom. The molecule has 0 spiro atoms. The lowest BCUT2D eigenvalue weighted by atomic mass is 10.2. The van der Waals surface area contributed by atoms with Crippen molar-refractivity contribution in [3.8, 4) is 0 Å². The zero-order valence-electron chi connectivity index (χ0n) is 10.0. The van der Waals surface area contributed by atoms with Crippen molar-refractivity contribution in [2.24, 2.45) is 0 Å². The molecule has 4 heteroatoms. The van der Waals surface area contributed by atoms with Gasteiger partial charge in [0.15, 0.2) is 0 Å². The van der Waals surface area contributed by atoms with Crippen LogP contribution in [0.15, 0.2) is 36.4 Å². The van der Waals surface area contributed by atoms with Gasteiger partial charge in [-0.2, -0.15) is 0 Å². The van der Waals surface area contributed by atoms with Gasteiger partial charge in [0.1, 0.15) is 11.6 Å². The second-order valence-electron chi connectivity index (χ2n) is 3.99. The van der Waals surface area contributed by atoms with Crippen LogP contribution in [0, 0.1) is 6.92 Å². The number of para-hydroxylation sites is 1. The number of nitrogens with zero attached hydrogens (tertiary/aromatic N) is 2. The van der Waals surface area contributed by atoms with Crippen LogP contribution in [0.4, 0.5) is 23.0 Å². The number of hydrogen-bond acceptors (Lipinski definition) is 4. The predicted molar refractivity (Wildman–Crippen MR) is 72.3 cm³/mol. The lowest BCUT2D eigenvalue weighted by molar-refractivity contribution is 1.12. The monoisotopic (exact) mass is 228 g/mol. The fraction of sp³-hybridized carbons (Fsp3) is 0.154. The Balaban J connectivity index is 2.40. The fourth-order valence-corrected chi connectivity index (χ4v) is 1.72. The van der Waals surface area contributed by atoms with Crippen molar-refractivity contribution in [2.75, 3.05) is 23.4 Å². The number of aryl methyl sites for hydroxylation is 1. The molecule has 1 heterocycles. The first-order chi connectivity index (χ1) is 8.09. The number of benzene rings is 1. The molecule has 88 valence electrons. The van der Waals surface area contributed by atoms with Crippen molar-refractivity contribution in [3.63, 3.8) is 0 Å². The Labute approximate surface area is 101 Å². The van der Waals surface area contributed by atoms with Crippen LogP contribution in [-0.2, 0) is 0 Å². The van der Waals surface area contributed by atoms with Gasteiger partial charge in [-0.25, -0.2) is 4.98 Å². The van der Waals surface area contributed by atoms with E-state index in [1.165, 1.54) is 5.56 Å². The SMILES string of the molecule is Cc1ccccc1N(C)c1ccc(N)c(N)n1. The molecule has 0 atom stereocenters. The highest BCUT2D eigenvalue weighted by Gasteiger charge is 2.08. The Hall–Kier alpha value is -2.23. The van der Waals surface area contributed by atoms with Gasteiger partial charge in [-0.15, -0.1) is 0 Å². The average Bonchev–Trinajstić information content (AvgIpc) is 2.32. The van der Waals surface area contributed by atoms with Crippen LogP contribution >= 0.6 is 0 Å². The number of nitrogen functional groups attached to an aromatic ring is 2. The topological polar surface area (TPSA) is 68.2 Å². The molecule has 17 heavy (non-hydrogen) atoms. The number of aromatic nitrogens is 1. The number of pyridine rings is 1. The summed E-state index contributed by atoms with van der Waals surface area (Å²) >= 11 is 0. The third-order valence-electron chi connectivity index (χ3n) is 2.76. The molecular weight excluding hydrogens is 212 g/mol. The summed E-state index contributed by atoms with van der Waals surface area (Å²) in [7, 11) is 1.96. The summed E-state index contributed by atoms with van der Waals surface area (Å²) in [6.07, 6.45) is 0. The molecule has 4 N–H and O–H groups in total. The van der Waals surface area contributed by atoms with Crippen LogP contribution in [0.2, 0.25) is 0 Å². The Bertz CT molecular complexity index is 537. The molecule has 0 aliphatic carbocycles. The summed E-state index contributed by atoms with van der Waals surface area (Å²) in [6.45, 7) is 2.06. The van der Waals surface area contributed by atoms with Gasteiger partial charge in [-0.3, -0.25) is 0 Å². The van der Waals surface area contributed by atoms with Crippen molar-refractivity contribution in [1.82, 2.24) is 4.98 Å². The Morgan fingerprint density at radius 1 is 1.06 bits per heavy atom. The maximum Gasteiger partial charge on any atom is 0.149 e. The summed E-state index contributed by atoms with van der Waals surface area (Å²) in [5.41, 5.74) is 14.2. The van der Waals surface area contributed by atoms with Gasteiger partial charge in [0, 0.05) is 12.7 Å². The van der Waals surface area contributed by atoms with Crippen LogP contribution in [0.5, 0.6) is 0 Å². The van der Waals surface area contributed by atoms with Crippen LogP contribution in [0.3, 0.4) is 0 Å². The zero-order valence-corrected chi connectivity index (χ0v) is 10.0. The van der Waals surface area contributed by atoms with Gasteiger partial charge in [0.25, 0.3) is 0 Å². The number of nitrogens with two attached hydrogens (primary N) is 2. The van der Waals surface area contributed by atoms with Gasteiger partial charge in [0.2, 0.25) is 0 Å². The normalized spacial score (nSPS) is 10.2. The van der Waals surface area contributed by atoms with Crippen molar-refractivity contribution in [1.29, 1.82) is 0 Å². The summed E-state index contributed by atoms with van der Waals surface area (Å²) in [6, 6.07) is 11.7. The highest BCUT2D eigenvalue weighted by Crippen LogP contribution is 2.26. The van der Waals surface area contributed by atoms with E-state index < -0.39 is 0 Å². The molecule has 0 fully saturated rings. The molecule has 0 saturated heterocycles. The first-order valence-electron chi connectivity index (χ1n) is 5.41. The highest BCUT2D eigenvalue weighted by atomic mass is 15.2. The zero-order chi connectivity index (χ0) is 12.4. The second-order valence-corrected chi connectivity index (χ2v) is 3.99. The maximum atomic E-state index is 5.71. The summed E-state index contributed by atoms with van der Waals surface area (Å²) < 4.78 is 0. The van der Waals surface area contributed by atoms with Gasteiger partial charge < -0.3 is 16.4 Å². The van der Waals surface area contributed by atoms with E-state index in [1.807, 2.05) is 36.2 Å². The standard InChI is InChI=1S/C13H16N4/c1-9-5-3-4-6-11(9)17(2)12-8-7-10(14)13(15)16-12/h3-8H,14H2,1-2H3,(H2,15,16). The van der Waals surface area contributed by atoms with Crippen LogP contribution in [0.25, 0.3) is 0 Å². The molecule has 2 rings (SSSR count). The Morgan fingerprint density at radius 3 is 2.41 bits per heavy atom. The van der Waals surface area contributed by atoms with E-state index in [0.29, 0.717) is 11.5 Å². The van der Waals surface area contributed by atoms with E-state index in [1.54, 1.807) is 6.07 Å². The molecule has 2 aromatic rings. The quantitative estimate of drug-likeness (QED) is 0.827. The number of anilines is 4. The predicted octanol–water partition coefficient (Wildman–Crippen LogP) is 2.32. The minimum Gasteiger partial charge on any atom is -0.396 e. The van der Waals surface area contributed by atoms with Crippen LogP contribution < -0.4 is 16.4 Å². The van der Waals surface area contributed by atoms with Crippen molar-refractivity contribution in [3.05, 3.63) is 42.0 Å². The molecule has 0 unspecified atom stereocenters. The molecule has 1 aromatic carbocycles. The fourth-order valence-electron chi connectivity index (χ4n) is 1.72. The smallest absolute Gasteiger partial charge is 0.149 e. The van der Waals surface area contributed by atoms with Crippen molar-refractivity contribution < 1.29 is 0 Å². The lowest BCUT2D eigenvalue weighted by Crippen LogP contribution is -2.13. The molecular formula is C13H16N4. The molecule has 4 nitrogen and oxygen atoms in total. The number of hydrogen-bond donors (Lipinski definition) is 2. The first-order valence-corrected chi connectivity index (χ1v) is 5.41. The molecule has 0 saturated carbocycles. The highest BCUT2D eigenvalue weighted by molar-refractivity contribution is 5.68. The minimum atomic E-state index is 0.364. The van der Waals surface area contributed by atoms with Gasteiger partial charge in [0.05, 0.1) is 5.69 Å². The van der Waals surface area contributed by atoms with E-state index in [2.05, 4.69) is 18.0 Å². The second kappa shape index (κ2) is 4.33. The summed E-state index contributed by atoms with van der Waals surface area (Å²) in [5.74, 6) is 1.15. The third kappa shape index (κ3) is 2.15. The largest absolute Gasteiger partial charge is 0.396 e. The summed E-state index contributed by atoms with van der Waals surface area (Å²) in [5, 5.41) is 0. The van der Waals surface area contributed by atoms with Gasteiger partial charge in [-0.05, 0) is 30.7 Å². The van der Waals surface area contributed by atoms with Gasteiger partial charge in [-0.1, -0.05) is 18.2 Å². The number of rotatable bonds is 2. The lowest BCUT2D eigenvalue weighted by Gasteiger charge is -2.20. The van der Waals surface area contributed by atoms with Crippen LogP contribution in [-0.4, -0.2) is 12.0 Å². The van der Waals surface area contributed by atoms with Crippen LogP contribution in [0.1, 0.15) is 5.56 Å². The molecule has 0 aliphatic heterocycles. The molecule has 0 radical (unpaired) electrons. The molecule has 0 bridgehead atoms. The van der Waals surface area contributed by atoms with E-state index in [0.717, 1.165) is 11.5 Å². The first kappa shape index (κ1) is 11.3. The minimum absolute atomic E-state index is 0.364. The van der Waals surface area contributed by atoms with Crippen molar-refractivity contribution >= 4 is 23.0 Å². The average molecular weight is 228 g/mol. The van der Waals surface area contributed by atoms with E-state index in [9.17, 15) is 0 Å². The van der Waals surface area contributed by atoms with E-state index in [4.69, 9.17) is 11.5 Å². The molecule has 0 amide bonds. The molecule has 0 aliphatic rings.